The number of carbonyl (C=O) groups excluding carboxylic acids is 3. The predicted octanol–water partition coefficient (Wildman–Crippen LogP) is 6.12. The zero-order chi connectivity index (χ0) is 27.9. The Kier molecular flexibility index (Phi) is 6.44. The molecule has 0 aromatic carbocycles. The van der Waals surface area contributed by atoms with Crippen LogP contribution in [0.4, 0.5) is 0 Å². The number of carbonyl (C=O) groups is 3. The Labute approximate surface area is 228 Å². The molecule has 5 rings (SSSR count). The van der Waals surface area contributed by atoms with E-state index in [1.165, 1.54) is 12.7 Å². The zero-order valence-electron chi connectivity index (χ0n) is 24.8. The third-order valence-electron chi connectivity index (χ3n) is 13.3. The van der Waals surface area contributed by atoms with Gasteiger partial charge in [-0.1, -0.05) is 46.3 Å². The second kappa shape index (κ2) is 8.83. The summed E-state index contributed by atoms with van der Waals surface area (Å²) in [5.74, 6) is 0.824. The molecule has 0 aromatic rings. The van der Waals surface area contributed by atoms with Crippen molar-refractivity contribution in [2.45, 2.75) is 92.9 Å². The molecule has 10 atom stereocenters. The molecule has 0 spiro atoms. The Hall–Kier alpha value is -1.85. The van der Waals surface area contributed by atoms with Gasteiger partial charge in [0.15, 0.2) is 0 Å². The van der Waals surface area contributed by atoms with Gasteiger partial charge in [0, 0.05) is 0 Å². The van der Waals surface area contributed by atoms with E-state index >= 15 is 0 Å². The first-order valence-corrected chi connectivity index (χ1v) is 14.8. The van der Waals surface area contributed by atoms with Gasteiger partial charge in [-0.25, -0.2) is 0 Å². The smallest absolute Gasteiger partial charge is 0.315 e. The molecule has 5 aliphatic rings. The molecular formula is C32H48O6. The second-order valence-electron chi connectivity index (χ2n) is 14.5. The Morgan fingerprint density at radius 3 is 2.26 bits per heavy atom. The van der Waals surface area contributed by atoms with Crippen LogP contribution in [0, 0.1) is 56.7 Å². The number of ether oxygens (including phenoxy) is 3. The first-order chi connectivity index (χ1) is 17.7. The minimum absolute atomic E-state index is 0.00287. The van der Waals surface area contributed by atoms with Crippen molar-refractivity contribution in [2.75, 3.05) is 20.8 Å². The predicted molar refractivity (Wildman–Crippen MR) is 144 cm³/mol. The molecule has 1 saturated heterocycles. The van der Waals surface area contributed by atoms with Crippen LogP contribution >= 0.6 is 0 Å². The number of rotatable bonds is 2. The summed E-state index contributed by atoms with van der Waals surface area (Å²) < 4.78 is 16.5. The van der Waals surface area contributed by atoms with Crippen molar-refractivity contribution < 1.29 is 28.6 Å². The minimum Gasteiger partial charge on any atom is -0.469 e. The summed E-state index contributed by atoms with van der Waals surface area (Å²) in [6.45, 7) is 13.8. The molecule has 38 heavy (non-hydrogen) atoms. The standard InChI is InChI=1S/C32H48O6/c1-19-11-14-32(27(35)37-8)16-15-30(5)21(25(32)20(19)2)9-10-23-28(3)17-24(33)38-18-29(4,26(34)36-7)22(28)12-13-31(23,30)6/h9,19-20,22-23,25H,10-18H2,1-8H3/t19-,20+,22-,23-,25+,28+,29-,30-,31-,32+/m1/s1. The van der Waals surface area contributed by atoms with Crippen molar-refractivity contribution in [1.82, 2.24) is 0 Å². The molecule has 0 amide bonds. The lowest BCUT2D eigenvalue weighted by molar-refractivity contribution is -0.190. The summed E-state index contributed by atoms with van der Waals surface area (Å²) in [6, 6.07) is 0. The molecule has 0 unspecified atom stereocenters. The molecule has 0 bridgehead atoms. The lowest BCUT2D eigenvalue weighted by Crippen LogP contribution is -2.64. The molecular weight excluding hydrogens is 480 g/mol. The van der Waals surface area contributed by atoms with Crippen molar-refractivity contribution in [3.63, 3.8) is 0 Å². The van der Waals surface area contributed by atoms with Crippen molar-refractivity contribution >= 4 is 17.9 Å². The second-order valence-corrected chi connectivity index (χ2v) is 14.5. The quantitative estimate of drug-likeness (QED) is 0.244. The Morgan fingerprint density at radius 1 is 0.921 bits per heavy atom. The number of allylic oxidation sites excluding steroid dienone is 2. The highest BCUT2D eigenvalue weighted by atomic mass is 16.5. The van der Waals surface area contributed by atoms with Crippen LogP contribution in [0.1, 0.15) is 92.9 Å². The lowest BCUT2D eigenvalue weighted by atomic mass is 9.34. The Bertz CT molecular complexity index is 1060. The monoisotopic (exact) mass is 528 g/mol. The van der Waals surface area contributed by atoms with Gasteiger partial charge in [0.05, 0.1) is 26.1 Å². The Balaban J connectivity index is 1.64. The van der Waals surface area contributed by atoms with Crippen molar-refractivity contribution in [2.24, 2.45) is 56.7 Å². The van der Waals surface area contributed by atoms with Crippen molar-refractivity contribution in [3.05, 3.63) is 11.6 Å². The molecule has 6 nitrogen and oxygen atoms in total. The van der Waals surface area contributed by atoms with E-state index < -0.39 is 16.2 Å². The summed E-state index contributed by atoms with van der Waals surface area (Å²) >= 11 is 0. The average Bonchev–Trinajstić information content (AvgIpc) is 2.98. The molecule has 6 heteroatoms. The number of esters is 3. The summed E-state index contributed by atoms with van der Waals surface area (Å²) in [4.78, 5) is 39.7. The zero-order valence-corrected chi connectivity index (χ0v) is 24.8. The molecule has 3 saturated carbocycles. The van der Waals surface area contributed by atoms with Crippen molar-refractivity contribution in [1.29, 1.82) is 0 Å². The van der Waals surface area contributed by atoms with Crippen LogP contribution in [-0.4, -0.2) is 38.7 Å². The highest BCUT2D eigenvalue weighted by molar-refractivity contribution is 5.80. The molecule has 1 aliphatic heterocycles. The first kappa shape index (κ1) is 27.7. The van der Waals surface area contributed by atoms with E-state index in [-0.39, 0.29) is 53.1 Å². The van der Waals surface area contributed by atoms with Gasteiger partial charge in [-0.3, -0.25) is 14.4 Å². The Morgan fingerprint density at radius 2 is 1.61 bits per heavy atom. The van der Waals surface area contributed by atoms with Gasteiger partial charge in [-0.2, -0.15) is 0 Å². The third kappa shape index (κ3) is 3.33. The average molecular weight is 529 g/mol. The van der Waals surface area contributed by atoms with E-state index in [0.717, 1.165) is 44.9 Å². The lowest BCUT2D eigenvalue weighted by Gasteiger charge is -2.69. The van der Waals surface area contributed by atoms with Gasteiger partial charge in [0.25, 0.3) is 0 Å². The summed E-state index contributed by atoms with van der Waals surface area (Å²) in [6.07, 6.45) is 9.22. The number of methoxy groups -OCH3 is 2. The fourth-order valence-corrected chi connectivity index (χ4v) is 10.8. The maximum Gasteiger partial charge on any atom is 0.315 e. The van der Waals surface area contributed by atoms with Gasteiger partial charge in [0.1, 0.15) is 12.0 Å². The first-order valence-electron chi connectivity index (χ1n) is 14.8. The van der Waals surface area contributed by atoms with Gasteiger partial charge >= 0.3 is 17.9 Å². The normalized spacial score (nSPS) is 50.1. The number of hydrogen-bond donors (Lipinski definition) is 0. The van der Waals surface area contributed by atoms with Crippen molar-refractivity contribution in [3.8, 4) is 0 Å². The van der Waals surface area contributed by atoms with E-state index in [1.807, 2.05) is 6.92 Å². The molecule has 212 valence electrons. The highest BCUT2D eigenvalue weighted by Crippen LogP contribution is 2.75. The van der Waals surface area contributed by atoms with Crippen LogP contribution in [0.15, 0.2) is 11.6 Å². The molecule has 0 radical (unpaired) electrons. The molecule has 0 aromatic heterocycles. The SMILES string of the molecule is COC(=O)[C@]12CC[C@@H](C)[C@H](C)[C@H]1C1=CC[C@@H]3[C@@]4(C)CC(=O)OC[C@@](C)(C(=O)OC)[C@@H]4CC[C@@]3(C)[C@]1(C)CC2. The van der Waals surface area contributed by atoms with Gasteiger partial charge < -0.3 is 14.2 Å². The summed E-state index contributed by atoms with van der Waals surface area (Å²) in [5, 5.41) is 0. The minimum atomic E-state index is -0.859. The van der Waals surface area contributed by atoms with E-state index in [1.54, 1.807) is 7.11 Å². The fraction of sp³-hybridized carbons (Fsp3) is 0.844. The van der Waals surface area contributed by atoms with Gasteiger partial charge in [-0.15, -0.1) is 0 Å². The van der Waals surface area contributed by atoms with Gasteiger partial charge in [0.2, 0.25) is 0 Å². The molecule has 0 N–H and O–H groups in total. The number of cyclic esters (lactones) is 1. The van der Waals surface area contributed by atoms with Gasteiger partial charge in [-0.05, 0) is 97.7 Å². The van der Waals surface area contributed by atoms with E-state index in [4.69, 9.17) is 14.2 Å². The maximum atomic E-state index is 13.4. The van der Waals surface area contributed by atoms with Crippen LogP contribution in [0.25, 0.3) is 0 Å². The topological polar surface area (TPSA) is 78.9 Å². The van der Waals surface area contributed by atoms with E-state index in [2.05, 4.69) is 40.7 Å². The molecule has 4 fully saturated rings. The van der Waals surface area contributed by atoms with Crippen LogP contribution in [0.2, 0.25) is 0 Å². The largest absolute Gasteiger partial charge is 0.469 e. The third-order valence-corrected chi connectivity index (χ3v) is 13.3. The van der Waals surface area contributed by atoms with Crippen LogP contribution < -0.4 is 0 Å². The maximum absolute atomic E-state index is 13.4. The fourth-order valence-electron chi connectivity index (χ4n) is 10.8. The number of hydrogen-bond acceptors (Lipinski definition) is 6. The van der Waals surface area contributed by atoms with E-state index in [0.29, 0.717) is 18.3 Å². The molecule has 1 heterocycles. The van der Waals surface area contributed by atoms with E-state index in [9.17, 15) is 14.4 Å². The van der Waals surface area contributed by atoms with Crippen LogP contribution in [0.3, 0.4) is 0 Å². The molecule has 4 aliphatic carbocycles. The number of fused-ring (bicyclic) bond motifs is 7. The highest BCUT2D eigenvalue weighted by Gasteiger charge is 2.70. The summed E-state index contributed by atoms with van der Waals surface area (Å²) in [5.41, 5.74) is -0.382. The summed E-state index contributed by atoms with van der Waals surface area (Å²) in [7, 11) is 2.98. The van der Waals surface area contributed by atoms with Crippen LogP contribution in [-0.2, 0) is 28.6 Å². The van der Waals surface area contributed by atoms with Crippen LogP contribution in [0.5, 0.6) is 0 Å².